The molecule has 2 N–H and O–H groups in total. The summed E-state index contributed by atoms with van der Waals surface area (Å²) in [5.74, 6) is -0.354. The molecule has 3 nitrogen and oxygen atoms in total. The molecule has 0 spiro atoms. The summed E-state index contributed by atoms with van der Waals surface area (Å²) in [5.41, 5.74) is 4.84. The SMILES string of the molecule is Br.C[C@@H](N)C(=O)OC(C)(C)C. The summed E-state index contributed by atoms with van der Waals surface area (Å²) in [6.45, 7) is 7.04. The Morgan fingerprint density at radius 1 is 1.45 bits per heavy atom. The number of carbonyl (C=O) groups is 1. The highest BCUT2D eigenvalue weighted by Crippen LogP contribution is 2.07. The van der Waals surface area contributed by atoms with Crippen LogP contribution in [0.4, 0.5) is 0 Å². The van der Waals surface area contributed by atoms with Crippen LogP contribution in [-0.2, 0) is 9.53 Å². The van der Waals surface area contributed by atoms with E-state index in [2.05, 4.69) is 0 Å². The zero-order chi connectivity index (χ0) is 8.36. The lowest BCUT2D eigenvalue weighted by Crippen LogP contribution is -2.35. The van der Waals surface area contributed by atoms with Gasteiger partial charge in [-0.2, -0.15) is 0 Å². The lowest BCUT2D eigenvalue weighted by Gasteiger charge is -2.20. The fraction of sp³-hybridized carbons (Fsp3) is 0.857. The Morgan fingerprint density at radius 2 is 1.82 bits per heavy atom. The van der Waals surface area contributed by atoms with Crippen molar-refractivity contribution in [3.63, 3.8) is 0 Å². The molecule has 0 aliphatic carbocycles. The third-order valence-corrected chi connectivity index (χ3v) is 0.779. The summed E-state index contributed by atoms with van der Waals surface area (Å²) in [7, 11) is 0. The first-order valence-corrected chi connectivity index (χ1v) is 3.31. The van der Waals surface area contributed by atoms with Crippen molar-refractivity contribution >= 4 is 23.0 Å². The maximum Gasteiger partial charge on any atom is 0.323 e. The second-order valence-corrected chi connectivity index (χ2v) is 3.32. The minimum absolute atomic E-state index is 0. The Balaban J connectivity index is 0. The quantitative estimate of drug-likeness (QED) is 0.684. The Kier molecular flexibility index (Phi) is 5.79. The molecule has 0 unspecified atom stereocenters. The van der Waals surface area contributed by atoms with Crippen LogP contribution in [0, 0.1) is 0 Å². The molecule has 1 atom stereocenters. The van der Waals surface area contributed by atoms with Gasteiger partial charge < -0.3 is 10.5 Å². The van der Waals surface area contributed by atoms with Gasteiger partial charge in [0.25, 0.3) is 0 Å². The molecule has 0 aliphatic heterocycles. The molecular formula is C7H16BrNO2. The van der Waals surface area contributed by atoms with Crippen molar-refractivity contribution in [1.29, 1.82) is 0 Å². The molecule has 4 heteroatoms. The number of carbonyl (C=O) groups excluding carboxylic acids is 1. The van der Waals surface area contributed by atoms with Gasteiger partial charge >= 0.3 is 5.97 Å². The number of hydrogen-bond donors (Lipinski definition) is 1. The predicted molar refractivity (Wildman–Crippen MR) is 49.8 cm³/mol. The smallest absolute Gasteiger partial charge is 0.323 e. The zero-order valence-corrected chi connectivity index (χ0v) is 9.09. The van der Waals surface area contributed by atoms with Gasteiger partial charge in [-0.05, 0) is 27.7 Å². The number of nitrogens with two attached hydrogens (primary N) is 1. The first-order valence-electron chi connectivity index (χ1n) is 3.31. The minimum Gasteiger partial charge on any atom is -0.459 e. The zero-order valence-electron chi connectivity index (χ0n) is 7.38. The van der Waals surface area contributed by atoms with Crippen LogP contribution in [0.2, 0.25) is 0 Å². The van der Waals surface area contributed by atoms with Crippen LogP contribution in [0.25, 0.3) is 0 Å². The average molecular weight is 226 g/mol. The highest BCUT2D eigenvalue weighted by atomic mass is 79.9. The molecule has 0 rings (SSSR count). The van der Waals surface area contributed by atoms with Crippen molar-refractivity contribution in [2.75, 3.05) is 0 Å². The molecule has 0 aromatic carbocycles. The van der Waals surface area contributed by atoms with Gasteiger partial charge in [-0.15, -0.1) is 17.0 Å². The van der Waals surface area contributed by atoms with E-state index in [1.54, 1.807) is 6.92 Å². The van der Waals surface area contributed by atoms with E-state index in [1.807, 2.05) is 20.8 Å². The highest BCUT2D eigenvalue weighted by Gasteiger charge is 2.18. The van der Waals surface area contributed by atoms with Crippen molar-refractivity contribution in [2.24, 2.45) is 5.73 Å². The van der Waals surface area contributed by atoms with E-state index in [4.69, 9.17) is 10.5 Å². The molecule has 68 valence electrons. The molecule has 0 saturated carbocycles. The predicted octanol–water partition coefficient (Wildman–Crippen LogP) is 1.25. The van der Waals surface area contributed by atoms with E-state index in [0.29, 0.717) is 0 Å². The molecule has 0 heterocycles. The fourth-order valence-corrected chi connectivity index (χ4v) is 0.395. The third kappa shape index (κ3) is 7.81. The van der Waals surface area contributed by atoms with Crippen LogP contribution in [0.5, 0.6) is 0 Å². The van der Waals surface area contributed by atoms with E-state index in [0.717, 1.165) is 0 Å². The van der Waals surface area contributed by atoms with Gasteiger partial charge in [-0.25, -0.2) is 0 Å². The van der Waals surface area contributed by atoms with Crippen molar-refractivity contribution in [3.8, 4) is 0 Å². The van der Waals surface area contributed by atoms with Gasteiger partial charge in [0.05, 0.1) is 0 Å². The lowest BCUT2D eigenvalue weighted by molar-refractivity contribution is -0.155. The number of esters is 1. The molecular weight excluding hydrogens is 210 g/mol. The normalized spacial score (nSPS) is 13.2. The first-order chi connectivity index (χ1) is 4.33. The Labute approximate surface area is 78.1 Å². The fourth-order valence-electron chi connectivity index (χ4n) is 0.395. The maximum absolute atomic E-state index is 10.8. The van der Waals surface area contributed by atoms with Crippen LogP contribution >= 0.6 is 17.0 Å². The van der Waals surface area contributed by atoms with E-state index in [9.17, 15) is 4.79 Å². The van der Waals surface area contributed by atoms with Crippen LogP contribution in [-0.4, -0.2) is 17.6 Å². The summed E-state index contributed by atoms with van der Waals surface area (Å²) in [6, 6.07) is -0.528. The molecule has 0 aliphatic rings. The molecule has 0 bridgehead atoms. The molecule has 0 aromatic heterocycles. The summed E-state index contributed by atoms with van der Waals surface area (Å²) in [6.07, 6.45) is 0. The molecule has 0 amide bonds. The second kappa shape index (κ2) is 4.72. The average Bonchev–Trinajstić information content (AvgIpc) is 1.60. The van der Waals surface area contributed by atoms with Crippen LogP contribution in [0.1, 0.15) is 27.7 Å². The van der Waals surface area contributed by atoms with Gasteiger partial charge in [0.1, 0.15) is 11.6 Å². The number of halogens is 1. The summed E-state index contributed by atoms with van der Waals surface area (Å²) >= 11 is 0. The number of hydrogen-bond acceptors (Lipinski definition) is 3. The van der Waals surface area contributed by atoms with Crippen LogP contribution in [0.3, 0.4) is 0 Å². The minimum atomic E-state index is -0.528. The van der Waals surface area contributed by atoms with Crippen molar-refractivity contribution in [2.45, 2.75) is 39.3 Å². The second-order valence-electron chi connectivity index (χ2n) is 3.32. The van der Waals surface area contributed by atoms with Gasteiger partial charge in [0.2, 0.25) is 0 Å². The standard InChI is InChI=1S/C7H15NO2.BrH/c1-5(8)6(9)10-7(2,3)4;/h5H,8H2,1-4H3;1H/t5-;/m1./s1. The third-order valence-electron chi connectivity index (χ3n) is 0.779. The molecule has 0 fully saturated rings. The van der Waals surface area contributed by atoms with Crippen LogP contribution < -0.4 is 5.73 Å². The van der Waals surface area contributed by atoms with Crippen molar-refractivity contribution in [1.82, 2.24) is 0 Å². The largest absolute Gasteiger partial charge is 0.459 e. The monoisotopic (exact) mass is 225 g/mol. The molecule has 0 aromatic rings. The topological polar surface area (TPSA) is 52.3 Å². The molecule has 11 heavy (non-hydrogen) atoms. The summed E-state index contributed by atoms with van der Waals surface area (Å²) in [4.78, 5) is 10.8. The van der Waals surface area contributed by atoms with Crippen molar-refractivity contribution < 1.29 is 9.53 Å². The van der Waals surface area contributed by atoms with Gasteiger partial charge in [0, 0.05) is 0 Å². The van der Waals surface area contributed by atoms with Gasteiger partial charge in [0.15, 0.2) is 0 Å². The first kappa shape index (κ1) is 13.5. The highest BCUT2D eigenvalue weighted by molar-refractivity contribution is 8.93. The van der Waals surface area contributed by atoms with Gasteiger partial charge in [-0.3, -0.25) is 4.79 Å². The van der Waals surface area contributed by atoms with E-state index in [1.165, 1.54) is 0 Å². The summed E-state index contributed by atoms with van der Waals surface area (Å²) in [5, 5.41) is 0. The molecule has 0 radical (unpaired) electrons. The van der Waals surface area contributed by atoms with Crippen LogP contribution in [0.15, 0.2) is 0 Å². The van der Waals surface area contributed by atoms with Gasteiger partial charge in [-0.1, -0.05) is 0 Å². The Bertz CT molecular complexity index is 129. The lowest BCUT2D eigenvalue weighted by atomic mass is 10.2. The summed E-state index contributed by atoms with van der Waals surface area (Å²) < 4.78 is 4.94. The van der Waals surface area contributed by atoms with E-state index >= 15 is 0 Å². The number of rotatable bonds is 1. The Hall–Kier alpha value is -0.0900. The Morgan fingerprint density at radius 3 is 1.91 bits per heavy atom. The van der Waals surface area contributed by atoms with E-state index in [-0.39, 0.29) is 23.0 Å². The molecule has 0 saturated heterocycles. The maximum atomic E-state index is 10.8. The van der Waals surface area contributed by atoms with E-state index < -0.39 is 11.6 Å². The van der Waals surface area contributed by atoms with Crippen molar-refractivity contribution in [3.05, 3.63) is 0 Å². The number of ether oxygens (including phenoxy) is 1.